The summed E-state index contributed by atoms with van der Waals surface area (Å²) < 4.78 is 25.5. The van der Waals surface area contributed by atoms with Crippen LogP contribution in [0.25, 0.3) is 0 Å². The van der Waals surface area contributed by atoms with Gasteiger partial charge in [0.15, 0.2) is 5.78 Å². The highest BCUT2D eigenvalue weighted by Gasteiger charge is 2.51. The lowest BCUT2D eigenvalue weighted by Gasteiger charge is -2.44. The summed E-state index contributed by atoms with van der Waals surface area (Å²) in [6.45, 7) is 12.0. The Hall–Kier alpha value is -2.10. The highest BCUT2D eigenvalue weighted by Crippen LogP contribution is 2.36. The minimum Gasteiger partial charge on any atom is -0.399 e. The number of carbonyl (C=O) groups is 1. The minimum atomic E-state index is -0.432. The van der Waals surface area contributed by atoms with Crippen LogP contribution in [0.3, 0.4) is 0 Å². The van der Waals surface area contributed by atoms with E-state index in [1.165, 1.54) is 12.1 Å². The molecule has 3 heterocycles. The number of hydrogen-bond donors (Lipinski definition) is 1. The van der Waals surface area contributed by atoms with Crippen molar-refractivity contribution in [1.29, 1.82) is 0 Å². The van der Waals surface area contributed by atoms with Crippen molar-refractivity contribution >= 4 is 18.4 Å². The van der Waals surface area contributed by atoms with Crippen LogP contribution in [0.4, 0.5) is 4.39 Å². The molecule has 3 saturated heterocycles. The number of aliphatic hydroxyl groups excluding tert-OH is 1. The lowest BCUT2D eigenvalue weighted by atomic mass is 9.78. The molecule has 0 unspecified atom stereocenters. The predicted octanol–water partition coefficient (Wildman–Crippen LogP) is 3.66. The number of carbonyl (C=O) groups excluding carboxylic acids is 1. The van der Waals surface area contributed by atoms with Gasteiger partial charge in [0.2, 0.25) is 0 Å². The van der Waals surface area contributed by atoms with Gasteiger partial charge in [-0.2, -0.15) is 0 Å². The molecule has 3 aliphatic heterocycles. The van der Waals surface area contributed by atoms with Crippen LogP contribution in [0.2, 0.25) is 0 Å². The Labute approximate surface area is 226 Å². The van der Waals surface area contributed by atoms with E-state index in [0.717, 1.165) is 55.5 Å². The van der Waals surface area contributed by atoms with E-state index < -0.39 is 24.4 Å². The Bertz CT molecular complexity index is 1100. The van der Waals surface area contributed by atoms with E-state index in [-0.39, 0.29) is 23.6 Å². The molecule has 0 bridgehead atoms. The van der Waals surface area contributed by atoms with Gasteiger partial charge in [0.05, 0.1) is 17.3 Å². The molecule has 2 aromatic carbocycles. The quantitative estimate of drug-likeness (QED) is 0.462. The molecule has 1 N–H and O–H groups in total. The Balaban J connectivity index is 1.11. The van der Waals surface area contributed by atoms with Gasteiger partial charge in [-0.15, -0.1) is 0 Å². The summed E-state index contributed by atoms with van der Waals surface area (Å²) in [5.74, 6) is -0.0302. The minimum absolute atomic E-state index is 0.00431. The van der Waals surface area contributed by atoms with Crippen molar-refractivity contribution in [2.24, 2.45) is 5.92 Å². The molecule has 8 heteroatoms. The zero-order chi connectivity index (χ0) is 27.1. The molecule has 2 aromatic rings. The number of Topliss-reactive ketones (excluding diaryl/α,β-unsaturated/α-hetero) is 1. The summed E-state index contributed by atoms with van der Waals surface area (Å²) in [6.07, 6.45) is 2.07. The number of ketones is 1. The lowest BCUT2D eigenvalue weighted by molar-refractivity contribution is -0.0251. The van der Waals surface area contributed by atoms with Crippen LogP contribution in [-0.2, 0) is 15.9 Å². The van der Waals surface area contributed by atoms with Crippen LogP contribution >= 0.6 is 0 Å². The van der Waals surface area contributed by atoms with Crippen LogP contribution < -0.4 is 5.46 Å². The molecule has 0 saturated carbocycles. The maximum atomic E-state index is 13.3. The lowest BCUT2D eigenvalue weighted by Crippen LogP contribution is -2.55. The standard InChI is InChI=1S/C30H40BFN2O4/c1-29(2)30(3,4)38-31(37-29)24-9-7-22(8-10-24)28(36)23-13-17-34(18-14-23)26-15-16-33(20-27(26)35)19-21-5-11-25(32)12-6-21/h5-12,23,26-27,35H,13-20H2,1-4H3/t26-,27-/m1/s1. The summed E-state index contributed by atoms with van der Waals surface area (Å²) in [5, 5.41) is 10.9. The molecule has 38 heavy (non-hydrogen) atoms. The Morgan fingerprint density at radius 3 is 2.13 bits per heavy atom. The summed E-state index contributed by atoms with van der Waals surface area (Å²) in [4.78, 5) is 17.9. The zero-order valence-corrected chi connectivity index (χ0v) is 23.0. The third-order valence-corrected chi connectivity index (χ3v) is 9.04. The second kappa shape index (κ2) is 10.8. The van der Waals surface area contributed by atoms with Gasteiger partial charge in [-0.3, -0.25) is 14.6 Å². The number of β-amino-alcohol motifs (C(OH)–C–C–N with tert-alkyl or cyclic N) is 1. The van der Waals surface area contributed by atoms with Crippen molar-refractivity contribution < 1.29 is 23.6 Å². The highest BCUT2D eigenvalue weighted by molar-refractivity contribution is 6.62. The second-order valence-electron chi connectivity index (χ2n) is 12.2. The van der Waals surface area contributed by atoms with Gasteiger partial charge in [0, 0.05) is 37.2 Å². The third kappa shape index (κ3) is 5.75. The van der Waals surface area contributed by atoms with Gasteiger partial charge in [-0.05, 0) is 83.2 Å². The molecule has 0 aromatic heterocycles. The van der Waals surface area contributed by atoms with E-state index in [1.54, 1.807) is 12.1 Å². The number of benzene rings is 2. The molecule has 0 spiro atoms. The molecule has 0 amide bonds. The van der Waals surface area contributed by atoms with E-state index in [0.29, 0.717) is 13.1 Å². The first-order valence-electron chi connectivity index (χ1n) is 13.9. The van der Waals surface area contributed by atoms with Crippen molar-refractivity contribution in [2.45, 2.75) is 76.9 Å². The van der Waals surface area contributed by atoms with Crippen LogP contribution in [0.15, 0.2) is 48.5 Å². The maximum absolute atomic E-state index is 13.3. The Morgan fingerprint density at radius 2 is 1.55 bits per heavy atom. The van der Waals surface area contributed by atoms with E-state index in [1.807, 2.05) is 52.0 Å². The molecule has 3 aliphatic rings. The smallest absolute Gasteiger partial charge is 0.399 e. The van der Waals surface area contributed by atoms with Gasteiger partial charge in [-0.1, -0.05) is 36.4 Å². The number of hydrogen-bond acceptors (Lipinski definition) is 6. The monoisotopic (exact) mass is 522 g/mol. The Kier molecular flexibility index (Phi) is 7.82. The topological polar surface area (TPSA) is 62.2 Å². The van der Waals surface area contributed by atoms with Crippen molar-refractivity contribution in [3.63, 3.8) is 0 Å². The fourth-order valence-electron chi connectivity index (χ4n) is 5.91. The first-order chi connectivity index (χ1) is 18.0. The zero-order valence-electron chi connectivity index (χ0n) is 23.0. The largest absolute Gasteiger partial charge is 0.494 e. The van der Waals surface area contributed by atoms with Crippen LogP contribution in [0.5, 0.6) is 0 Å². The normalized spacial score (nSPS) is 26.5. The summed E-state index contributed by atoms with van der Waals surface area (Å²) >= 11 is 0. The number of piperidine rings is 2. The number of halogens is 1. The van der Waals surface area contributed by atoms with Crippen molar-refractivity contribution in [1.82, 2.24) is 9.80 Å². The fraction of sp³-hybridized carbons (Fsp3) is 0.567. The van der Waals surface area contributed by atoms with Gasteiger partial charge in [-0.25, -0.2) is 4.39 Å². The summed E-state index contributed by atoms with van der Waals surface area (Å²) in [7, 11) is -0.430. The number of rotatable bonds is 6. The van der Waals surface area contributed by atoms with Gasteiger partial charge in [0.1, 0.15) is 5.82 Å². The number of nitrogens with zero attached hydrogens (tertiary/aromatic N) is 2. The maximum Gasteiger partial charge on any atom is 0.494 e. The molecule has 204 valence electrons. The molecule has 3 fully saturated rings. The van der Waals surface area contributed by atoms with Gasteiger partial charge < -0.3 is 14.4 Å². The fourth-order valence-corrected chi connectivity index (χ4v) is 5.91. The predicted molar refractivity (Wildman–Crippen MR) is 147 cm³/mol. The van der Waals surface area contributed by atoms with Crippen LogP contribution in [0.1, 0.15) is 62.9 Å². The number of likely N-dealkylation sites (tertiary alicyclic amines) is 2. The molecule has 0 radical (unpaired) electrons. The average molecular weight is 522 g/mol. The van der Waals surface area contributed by atoms with Crippen LogP contribution in [0, 0.1) is 11.7 Å². The van der Waals surface area contributed by atoms with E-state index in [2.05, 4.69) is 9.80 Å². The van der Waals surface area contributed by atoms with Crippen LogP contribution in [-0.4, -0.2) is 77.3 Å². The van der Waals surface area contributed by atoms with Gasteiger partial charge >= 0.3 is 7.12 Å². The molecule has 5 rings (SSSR count). The van der Waals surface area contributed by atoms with Gasteiger partial charge in [0.25, 0.3) is 0 Å². The van der Waals surface area contributed by atoms with Crippen molar-refractivity contribution in [3.8, 4) is 0 Å². The number of aliphatic hydroxyl groups is 1. The van der Waals surface area contributed by atoms with Crippen molar-refractivity contribution in [2.75, 3.05) is 26.2 Å². The van der Waals surface area contributed by atoms with E-state index in [9.17, 15) is 14.3 Å². The molecular formula is C30H40BFN2O4. The summed E-state index contributed by atoms with van der Waals surface area (Å²) in [5.41, 5.74) is 1.92. The second-order valence-corrected chi connectivity index (χ2v) is 12.2. The van der Waals surface area contributed by atoms with Crippen molar-refractivity contribution in [3.05, 3.63) is 65.5 Å². The summed E-state index contributed by atoms with van der Waals surface area (Å²) in [6, 6.07) is 14.4. The SMILES string of the molecule is CC1(C)OB(c2ccc(C(=O)C3CCN([C@@H]4CCN(Cc5ccc(F)cc5)C[C@H]4O)CC3)cc2)OC1(C)C. The Morgan fingerprint density at radius 1 is 0.947 bits per heavy atom. The molecule has 2 atom stereocenters. The third-order valence-electron chi connectivity index (χ3n) is 9.04. The first kappa shape index (κ1) is 27.5. The van der Waals surface area contributed by atoms with E-state index >= 15 is 0 Å². The molecular weight excluding hydrogens is 482 g/mol. The highest BCUT2D eigenvalue weighted by atomic mass is 19.1. The average Bonchev–Trinajstić information content (AvgIpc) is 3.12. The molecule has 6 nitrogen and oxygen atoms in total. The molecule has 0 aliphatic carbocycles. The van der Waals surface area contributed by atoms with E-state index in [4.69, 9.17) is 9.31 Å². The first-order valence-corrected chi connectivity index (χ1v) is 13.9.